The van der Waals surface area contributed by atoms with Crippen LogP contribution in [0.2, 0.25) is 0 Å². The Morgan fingerprint density at radius 1 is 1.00 bits per heavy atom. The summed E-state index contributed by atoms with van der Waals surface area (Å²) in [5, 5.41) is 0. The molecule has 1 N–H and O–H groups in total. The van der Waals surface area contributed by atoms with Gasteiger partial charge in [-0.3, -0.25) is 4.90 Å². The van der Waals surface area contributed by atoms with E-state index in [-0.39, 0.29) is 12.6 Å². The van der Waals surface area contributed by atoms with Crippen LogP contribution in [0.15, 0.2) is 71.6 Å². The Balaban J connectivity index is 1.62. The molecule has 3 aromatic carbocycles. The lowest BCUT2D eigenvalue weighted by atomic mass is 9.96. The third kappa shape index (κ3) is 5.24. The van der Waals surface area contributed by atoms with Crippen molar-refractivity contribution in [3.63, 3.8) is 0 Å². The summed E-state index contributed by atoms with van der Waals surface area (Å²) in [4.78, 5) is 3.52. The van der Waals surface area contributed by atoms with Crippen molar-refractivity contribution in [3.8, 4) is 0 Å². The molecule has 3 aromatic rings. The summed E-state index contributed by atoms with van der Waals surface area (Å²) in [5.74, 6) is -1.79. The normalized spacial score (nSPS) is 15.2. The fraction of sp³-hybridized carbons (Fsp3) is 0.280. The van der Waals surface area contributed by atoms with Gasteiger partial charge in [-0.1, -0.05) is 36.4 Å². The van der Waals surface area contributed by atoms with Gasteiger partial charge in [0.15, 0.2) is 0 Å². The maximum atomic E-state index is 14.2. The summed E-state index contributed by atoms with van der Waals surface area (Å²) in [7, 11) is -0.329. The van der Waals surface area contributed by atoms with Gasteiger partial charge in [0.25, 0.3) is 0 Å². The molecule has 0 radical (unpaired) electrons. The van der Waals surface area contributed by atoms with E-state index in [1.54, 1.807) is 0 Å². The van der Waals surface area contributed by atoms with E-state index >= 15 is 0 Å². The number of fused-ring (bicyclic) bond motifs is 1. The van der Waals surface area contributed by atoms with Crippen LogP contribution in [-0.2, 0) is 23.0 Å². The molecule has 0 saturated carbocycles. The summed E-state index contributed by atoms with van der Waals surface area (Å²) in [5.41, 5.74) is 4.47. The third-order valence-corrected chi connectivity index (χ3v) is 7.48. The first kappa shape index (κ1) is 23.4. The van der Waals surface area contributed by atoms with Crippen LogP contribution in [-0.4, -0.2) is 40.5 Å². The Kier molecular flexibility index (Phi) is 6.78. The molecule has 0 bridgehead atoms. The summed E-state index contributed by atoms with van der Waals surface area (Å²) in [6.07, 6.45) is 0.855. The predicted octanol–water partition coefficient (Wildman–Crippen LogP) is 4.11. The van der Waals surface area contributed by atoms with Crippen LogP contribution in [0.25, 0.3) is 0 Å². The SMILES string of the molecule is CN(C)c1ccc([C@H](CNS(=O)(=O)c2cc(F)ccc2F)N2CCc3ccccc3C2)cc1. The largest absolute Gasteiger partial charge is 0.378 e. The van der Waals surface area contributed by atoms with Crippen LogP contribution in [0.5, 0.6) is 0 Å². The van der Waals surface area contributed by atoms with E-state index < -0.39 is 26.6 Å². The average molecular weight is 472 g/mol. The highest BCUT2D eigenvalue weighted by atomic mass is 32.2. The number of nitrogens with zero attached hydrogens (tertiary/aromatic N) is 2. The number of benzene rings is 3. The highest BCUT2D eigenvalue weighted by Crippen LogP contribution is 2.29. The molecule has 8 heteroatoms. The highest BCUT2D eigenvalue weighted by Gasteiger charge is 2.28. The molecular weight excluding hydrogens is 444 g/mol. The molecule has 33 heavy (non-hydrogen) atoms. The smallest absolute Gasteiger partial charge is 0.243 e. The van der Waals surface area contributed by atoms with Gasteiger partial charge in [0.05, 0.1) is 0 Å². The Labute approximate surface area is 193 Å². The maximum absolute atomic E-state index is 14.2. The van der Waals surface area contributed by atoms with E-state index in [0.717, 1.165) is 36.3 Å². The van der Waals surface area contributed by atoms with Crippen molar-refractivity contribution in [1.82, 2.24) is 9.62 Å². The van der Waals surface area contributed by atoms with Crippen LogP contribution in [0.3, 0.4) is 0 Å². The summed E-state index contributed by atoms with van der Waals surface area (Å²) < 4.78 is 55.9. The zero-order valence-electron chi connectivity index (χ0n) is 18.6. The fourth-order valence-corrected chi connectivity index (χ4v) is 5.31. The Morgan fingerprint density at radius 2 is 1.70 bits per heavy atom. The summed E-state index contributed by atoms with van der Waals surface area (Å²) in [6.45, 7) is 1.46. The van der Waals surface area contributed by atoms with E-state index in [0.29, 0.717) is 12.6 Å². The number of sulfonamides is 1. The lowest BCUT2D eigenvalue weighted by molar-refractivity contribution is 0.180. The van der Waals surface area contributed by atoms with Crippen LogP contribution >= 0.6 is 0 Å². The van der Waals surface area contributed by atoms with Crippen molar-refractivity contribution in [1.29, 1.82) is 0 Å². The summed E-state index contributed by atoms with van der Waals surface area (Å²) in [6, 6.07) is 18.3. The molecular formula is C25H27F2N3O2S. The molecule has 1 heterocycles. The number of rotatable bonds is 7. The van der Waals surface area contributed by atoms with Crippen LogP contribution < -0.4 is 9.62 Å². The Hall–Kier alpha value is -2.81. The van der Waals surface area contributed by atoms with Gasteiger partial charge in [-0.05, 0) is 53.4 Å². The van der Waals surface area contributed by atoms with Crippen molar-refractivity contribution < 1.29 is 17.2 Å². The van der Waals surface area contributed by atoms with E-state index in [1.165, 1.54) is 11.1 Å². The van der Waals surface area contributed by atoms with Crippen LogP contribution in [0.4, 0.5) is 14.5 Å². The van der Waals surface area contributed by atoms with Gasteiger partial charge in [0.1, 0.15) is 16.5 Å². The second-order valence-electron chi connectivity index (χ2n) is 8.42. The molecule has 1 aliphatic rings. The van der Waals surface area contributed by atoms with E-state index in [1.807, 2.05) is 55.4 Å². The zero-order chi connectivity index (χ0) is 23.6. The standard InChI is InChI=1S/C25H27F2N3O2S/c1-29(2)22-10-7-19(8-11-22)24(30-14-13-18-5-3-4-6-20(18)17-30)16-28-33(31,32)25-15-21(26)9-12-23(25)27/h3-12,15,24,28H,13-14,16-17H2,1-2H3/t24-/m0/s1. The van der Waals surface area contributed by atoms with Gasteiger partial charge in [-0.2, -0.15) is 0 Å². The topological polar surface area (TPSA) is 52.7 Å². The van der Waals surface area contributed by atoms with Gasteiger partial charge in [-0.15, -0.1) is 0 Å². The quantitative estimate of drug-likeness (QED) is 0.564. The third-order valence-electron chi connectivity index (χ3n) is 6.04. The number of halogens is 2. The molecule has 0 amide bonds. The summed E-state index contributed by atoms with van der Waals surface area (Å²) >= 11 is 0. The van der Waals surface area contributed by atoms with Gasteiger partial charge < -0.3 is 4.90 Å². The van der Waals surface area contributed by atoms with E-state index in [2.05, 4.69) is 21.8 Å². The van der Waals surface area contributed by atoms with Crippen molar-refractivity contribution in [2.75, 3.05) is 32.1 Å². The molecule has 1 aliphatic heterocycles. The molecule has 0 spiro atoms. The van der Waals surface area contributed by atoms with E-state index in [9.17, 15) is 17.2 Å². The van der Waals surface area contributed by atoms with Gasteiger partial charge >= 0.3 is 0 Å². The van der Waals surface area contributed by atoms with Crippen LogP contribution in [0.1, 0.15) is 22.7 Å². The number of hydrogen-bond acceptors (Lipinski definition) is 4. The lowest BCUT2D eigenvalue weighted by Crippen LogP contribution is -2.40. The van der Waals surface area contributed by atoms with Crippen molar-refractivity contribution in [2.24, 2.45) is 0 Å². The van der Waals surface area contributed by atoms with Crippen molar-refractivity contribution in [2.45, 2.75) is 23.9 Å². The monoisotopic (exact) mass is 471 g/mol. The molecule has 5 nitrogen and oxygen atoms in total. The molecule has 1 atom stereocenters. The predicted molar refractivity (Wildman–Crippen MR) is 126 cm³/mol. The maximum Gasteiger partial charge on any atom is 0.243 e. The minimum absolute atomic E-state index is 0.0295. The highest BCUT2D eigenvalue weighted by molar-refractivity contribution is 7.89. The van der Waals surface area contributed by atoms with Gasteiger partial charge in [0.2, 0.25) is 10.0 Å². The molecule has 0 fully saturated rings. The molecule has 0 aliphatic carbocycles. The molecule has 0 saturated heterocycles. The first-order valence-electron chi connectivity index (χ1n) is 10.8. The van der Waals surface area contributed by atoms with E-state index in [4.69, 9.17) is 0 Å². The number of nitrogens with one attached hydrogen (secondary N) is 1. The zero-order valence-corrected chi connectivity index (χ0v) is 19.4. The van der Waals surface area contributed by atoms with Crippen molar-refractivity contribution >= 4 is 15.7 Å². The second-order valence-corrected chi connectivity index (χ2v) is 10.2. The minimum atomic E-state index is -4.24. The lowest BCUT2D eigenvalue weighted by Gasteiger charge is -2.36. The average Bonchev–Trinajstić information content (AvgIpc) is 2.81. The molecule has 4 rings (SSSR count). The first-order chi connectivity index (χ1) is 15.7. The minimum Gasteiger partial charge on any atom is -0.378 e. The Bertz CT molecular complexity index is 1230. The first-order valence-corrected chi connectivity index (χ1v) is 12.3. The number of anilines is 1. The molecule has 0 aromatic heterocycles. The second kappa shape index (κ2) is 9.59. The van der Waals surface area contributed by atoms with Gasteiger partial charge in [-0.25, -0.2) is 21.9 Å². The molecule has 174 valence electrons. The fourth-order valence-electron chi connectivity index (χ4n) is 4.19. The molecule has 0 unspecified atom stereocenters. The van der Waals surface area contributed by atoms with Gasteiger partial charge in [0, 0.05) is 45.5 Å². The van der Waals surface area contributed by atoms with Crippen LogP contribution in [0, 0.1) is 11.6 Å². The Morgan fingerprint density at radius 3 is 2.39 bits per heavy atom. The number of hydrogen-bond donors (Lipinski definition) is 1. The van der Waals surface area contributed by atoms with Crippen molar-refractivity contribution in [3.05, 3.63) is 95.1 Å².